The molecule has 1 unspecified atom stereocenters. The monoisotopic (exact) mass is 273 g/mol. The minimum absolute atomic E-state index is 0.145. The molecule has 1 aliphatic rings. The number of phenolic OH excluding ortho intramolecular Hbond substituents is 1. The van der Waals surface area contributed by atoms with Crippen LogP contribution in [0.25, 0.3) is 0 Å². The molecule has 2 nitrogen and oxygen atoms in total. The van der Waals surface area contributed by atoms with E-state index in [-0.39, 0.29) is 6.04 Å². The molecule has 98 valence electrons. The van der Waals surface area contributed by atoms with Crippen molar-refractivity contribution in [3.05, 3.63) is 64.2 Å². The fraction of sp³-hybridized carbons (Fsp3) is 0.250. The van der Waals surface area contributed by atoms with Crippen molar-refractivity contribution in [2.24, 2.45) is 0 Å². The Kier molecular flexibility index (Phi) is 3.21. The van der Waals surface area contributed by atoms with Crippen LogP contribution in [0.5, 0.6) is 5.75 Å². The van der Waals surface area contributed by atoms with Crippen molar-refractivity contribution in [3.63, 3.8) is 0 Å². The average Bonchev–Trinajstić information content (AvgIpc) is 2.84. The van der Waals surface area contributed by atoms with Gasteiger partial charge in [-0.2, -0.15) is 0 Å². The molecule has 1 N–H and O–H groups in total. The van der Waals surface area contributed by atoms with E-state index in [1.165, 1.54) is 11.1 Å². The Morgan fingerprint density at radius 2 is 1.74 bits per heavy atom. The van der Waals surface area contributed by atoms with E-state index in [9.17, 15) is 5.11 Å². The number of aromatic hydroxyl groups is 1. The van der Waals surface area contributed by atoms with Gasteiger partial charge in [-0.15, -0.1) is 0 Å². The number of rotatable bonds is 2. The smallest absolute Gasteiger partial charge is 0.120 e. The molecular formula is C16H16ClNO. The molecule has 3 rings (SSSR count). The van der Waals surface area contributed by atoms with Crippen LogP contribution in [0.4, 0.5) is 0 Å². The first kappa shape index (κ1) is 12.5. The van der Waals surface area contributed by atoms with Crippen molar-refractivity contribution in [1.82, 2.24) is 4.90 Å². The molecule has 0 aliphatic carbocycles. The third-order valence-electron chi connectivity index (χ3n) is 3.85. The maximum Gasteiger partial charge on any atom is 0.120 e. The normalized spacial score (nSPS) is 16.3. The second kappa shape index (κ2) is 4.87. The molecule has 3 heteroatoms. The lowest BCUT2D eigenvalue weighted by Crippen LogP contribution is -2.20. The molecule has 1 heterocycles. The van der Waals surface area contributed by atoms with Gasteiger partial charge in [-0.25, -0.2) is 0 Å². The highest BCUT2D eigenvalue weighted by atomic mass is 35.5. The van der Waals surface area contributed by atoms with E-state index in [0.29, 0.717) is 10.8 Å². The number of halogens is 1. The summed E-state index contributed by atoms with van der Waals surface area (Å²) in [6.07, 6.45) is 0. The van der Waals surface area contributed by atoms with E-state index < -0.39 is 0 Å². The third kappa shape index (κ3) is 2.34. The Labute approximate surface area is 118 Å². The first-order chi connectivity index (χ1) is 9.15. The van der Waals surface area contributed by atoms with Gasteiger partial charge in [0.05, 0.1) is 0 Å². The predicted octanol–water partition coefficient (Wildman–Crippen LogP) is 4.12. The van der Waals surface area contributed by atoms with Crippen molar-refractivity contribution in [2.45, 2.75) is 26.1 Å². The maximum absolute atomic E-state index is 10.00. The molecule has 0 radical (unpaired) electrons. The molecule has 0 amide bonds. The van der Waals surface area contributed by atoms with Crippen LogP contribution in [-0.2, 0) is 13.1 Å². The van der Waals surface area contributed by atoms with Gasteiger partial charge < -0.3 is 5.11 Å². The summed E-state index contributed by atoms with van der Waals surface area (Å²) in [5.41, 5.74) is 3.63. The summed E-state index contributed by atoms with van der Waals surface area (Å²) in [5, 5.41) is 10.7. The molecule has 0 fully saturated rings. The lowest BCUT2D eigenvalue weighted by atomic mass is 10.1. The minimum atomic E-state index is 0.145. The predicted molar refractivity (Wildman–Crippen MR) is 77.2 cm³/mol. The first-order valence-corrected chi connectivity index (χ1v) is 6.82. The number of hydrogen-bond donors (Lipinski definition) is 1. The van der Waals surface area contributed by atoms with Crippen molar-refractivity contribution in [1.29, 1.82) is 0 Å². The number of hydrogen-bond acceptors (Lipinski definition) is 2. The Morgan fingerprint density at radius 1 is 1.11 bits per heavy atom. The van der Waals surface area contributed by atoms with E-state index >= 15 is 0 Å². The number of nitrogens with zero attached hydrogens (tertiary/aromatic N) is 1. The highest BCUT2D eigenvalue weighted by molar-refractivity contribution is 6.30. The fourth-order valence-corrected chi connectivity index (χ4v) is 2.87. The van der Waals surface area contributed by atoms with Gasteiger partial charge in [0.15, 0.2) is 0 Å². The Bertz CT molecular complexity index is 586. The van der Waals surface area contributed by atoms with Crippen LogP contribution < -0.4 is 0 Å². The van der Waals surface area contributed by atoms with Crippen LogP contribution in [0.2, 0.25) is 5.02 Å². The largest absolute Gasteiger partial charge is 0.508 e. The number of phenols is 1. The summed E-state index contributed by atoms with van der Waals surface area (Å²) >= 11 is 6.03. The summed E-state index contributed by atoms with van der Waals surface area (Å²) in [6.45, 7) is 3.95. The van der Waals surface area contributed by atoms with Crippen molar-refractivity contribution in [3.8, 4) is 5.75 Å². The zero-order valence-corrected chi connectivity index (χ0v) is 11.6. The number of fused-ring (bicyclic) bond motifs is 1. The van der Waals surface area contributed by atoms with Crippen molar-refractivity contribution in [2.75, 3.05) is 0 Å². The molecule has 1 aliphatic heterocycles. The van der Waals surface area contributed by atoms with Gasteiger partial charge in [0.25, 0.3) is 0 Å². The fourth-order valence-electron chi connectivity index (χ4n) is 2.69. The van der Waals surface area contributed by atoms with Gasteiger partial charge in [-0.1, -0.05) is 35.9 Å². The minimum Gasteiger partial charge on any atom is -0.508 e. The molecule has 0 saturated heterocycles. The van der Waals surface area contributed by atoms with Gasteiger partial charge in [-0.05, 0) is 36.2 Å². The van der Waals surface area contributed by atoms with Gasteiger partial charge in [0.2, 0.25) is 0 Å². The van der Waals surface area contributed by atoms with Gasteiger partial charge in [-0.3, -0.25) is 4.90 Å². The molecule has 2 aromatic rings. The maximum atomic E-state index is 10.00. The number of benzene rings is 2. The zero-order chi connectivity index (χ0) is 13.4. The Hall–Kier alpha value is -1.51. The molecule has 19 heavy (non-hydrogen) atoms. The average molecular weight is 274 g/mol. The molecule has 0 spiro atoms. The summed E-state index contributed by atoms with van der Waals surface area (Å²) in [7, 11) is 0. The van der Waals surface area contributed by atoms with Crippen molar-refractivity contribution < 1.29 is 5.11 Å². The van der Waals surface area contributed by atoms with Crippen LogP contribution in [0.1, 0.15) is 29.7 Å². The van der Waals surface area contributed by atoms with Crippen LogP contribution in [0.15, 0.2) is 42.5 Å². The molecule has 0 aromatic heterocycles. The topological polar surface area (TPSA) is 23.5 Å². The van der Waals surface area contributed by atoms with Crippen LogP contribution in [-0.4, -0.2) is 10.0 Å². The molecule has 0 bridgehead atoms. The summed E-state index contributed by atoms with van der Waals surface area (Å²) in [4.78, 5) is 2.34. The third-order valence-corrected chi connectivity index (χ3v) is 4.09. The summed E-state index contributed by atoms with van der Waals surface area (Å²) in [6, 6.07) is 13.9. The van der Waals surface area contributed by atoms with E-state index in [1.54, 1.807) is 12.1 Å². The lowest BCUT2D eigenvalue weighted by Gasteiger charge is -2.25. The van der Waals surface area contributed by atoms with E-state index in [4.69, 9.17) is 11.6 Å². The quantitative estimate of drug-likeness (QED) is 0.890. The van der Waals surface area contributed by atoms with E-state index in [0.717, 1.165) is 18.7 Å². The summed E-state index contributed by atoms with van der Waals surface area (Å²) in [5.74, 6) is 0.313. The highest BCUT2D eigenvalue weighted by Crippen LogP contribution is 2.35. The Balaban J connectivity index is 1.87. The summed E-state index contributed by atoms with van der Waals surface area (Å²) < 4.78 is 0. The highest BCUT2D eigenvalue weighted by Gasteiger charge is 2.25. The molecular weight excluding hydrogens is 258 g/mol. The van der Waals surface area contributed by atoms with Gasteiger partial charge >= 0.3 is 0 Å². The van der Waals surface area contributed by atoms with Crippen LogP contribution in [0.3, 0.4) is 0 Å². The van der Waals surface area contributed by atoms with E-state index in [2.05, 4.69) is 36.1 Å². The van der Waals surface area contributed by atoms with E-state index in [1.807, 2.05) is 6.07 Å². The Morgan fingerprint density at radius 3 is 2.37 bits per heavy atom. The zero-order valence-electron chi connectivity index (χ0n) is 10.8. The van der Waals surface area contributed by atoms with Gasteiger partial charge in [0.1, 0.15) is 5.75 Å². The lowest BCUT2D eigenvalue weighted by molar-refractivity contribution is 0.211. The van der Waals surface area contributed by atoms with Crippen LogP contribution >= 0.6 is 11.6 Å². The second-order valence-corrected chi connectivity index (χ2v) is 5.49. The first-order valence-electron chi connectivity index (χ1n) is 6.44. The molecule has 0 saturated carbocycles. The van der Waals surface area contributed by atoms with Crippen LogP contribution in [0, 0.1) is 0 Å². The second-order valence-electron chi connectivity index (χ2n) is 5.05. The van der Waals surface area contributed by atoms with Gasteiger partial charge in [0, 0.05) is 29.7 Å². The standard InChI is InChI=1S/C16H16ClNO/c1-11(15-8-14(17)6-7-16(15)19)18-9-12-4-2-3-5-13(12)10-18/h2-8,11,19H,9-10H2,1H3. The SMILES string of the molecule is CC(c1cc(Cl)ccc1O)N1Cc2ccccc2C1. The molecule has 1 atom stereocenters. The molecule has 2 aromatic carbocycles. The van der Waals surface area contributed by atoms with Crippen molar-refractivity contribution >= 4 is 11.6 Å².